The molecule has 0 unspecified atom stereocenters. The fraction of sp³-hybridized carbons (Fsp3) is 0.600. The fourth-order valence-electron chi connectivity index (χ4n) is 1.88. The number of hydrogen-bond acceptors (Lipinski definition) is 2. The molecule has 1 aliphatic rings. The van der Waals surface area contributed by atoms with Crippen LogP contribution in [-0.4, -0.2) is 39.6 Å². The van der Waals surface area contributed by atoms with Crippen LogP contribution in [0.2, 0.25) is 0 Å². The zero-order valence-electron chi connectivity index (χ0n) is 9.29. The molecule has 2 rings (SSSR count). The second-order valence-electron chi connectivity index (χ2n) is 4.16. The SMILES string of the molecule is Cn1ncc(C(=O)N2CCCC(F)(F)C2)c1Br. The Kier molecular flexibility index (Phi) is 3.20. The molecule has 2 heterocycles. The van der Waals surface area contributed by atoms with E-state index < -0.39 is 18.4 Å². The molecule has 0 spiro atoms. The van der Waals surface area contributed by atoms with Crippen molar-refractivity contribution in [3.63, 3.8) is 0 Å². The number of piperidine rings is 1. The molecule has 1 saturated heterocycles. The lowest BCUT2D eigenvalue weighted by molar-refractivity contribution is -0.0560. The normalized spacial score (nSPS) is 19.4. The summed E-state index contributed by atoms with van der Waals surface area (Å²) in [6.07, 6.45) is 1.57. The molecule has 0 aromatic carbocycles. The van der Waals surface area contributed by atoms with Gasteiger partial charge in [0.15, 0.2) is 0 Å². The highest BCUT2D eigenvalue weighted by molar-refractivity contribution is 9.10. The monoisotopic (exact) mass is 307 g/mol. The fourth-order valence-corrected chi connectivity index (χ4v) is 2.24. The Morgan fingerprint density at radius 3 is 2.82 bits per heavy atom. The molecule has 0 aliphatic carbocycles. The third-order valence-electron chi connectivity index (χ3n) is 2.78. The number of aryl methyl sites for hydroxylation is 1. The molecule has 0 radical (unpaired) electrons. The molecule has 4 nitrogen and oxygen atoms in total. The van der Waals surface area contributed by atoms with Crippen molar-refractivity contribution < 1.29 is 13.6 Å². The lowest BCUT2D eigenvalue weighted by Gasteiger charge is -2.32. The van der Waals surface area contributed by atoms with E-state index in [1.54, 1.807) is 7.05 Å². The average molecular weight is 308 g/mol. The summed E-state index contributed by atoms with van der Waals surface area (Å²) in [5.41, 5.74) is 0.324. The van der Waals surface area contributed by atoms with Gasteiger partial charge in [0, 0.05) is 20.0 Å². The highest BCUT2D eigenvalue weighted by atomic mass is 79.9. The minimum Gasteiger partial charge on any atom is -0.332 e. The Labute approximate surface area is 106 Å². The van der Waals surface area contributed by atoms with E-state index in [0.717, 1.165) is 0 Å². The Bertz CT molecular complexity index is 447. The first-order valence-electron chi connectivity index (χ1n) is 5.25. The maximum atomic E-state index is 13.2. The molecule has 1 aromatic heterocycles. The summed E-state index contributed by atoms with van der Waals surface area (Å²) < 4.78 is 28.4. The second kappa shape index (κ2) is 4.36. The highest BCUT2D eigenvalue weighted by Crippen LogP contribution is 2.28. The average Bonchev–Trinajstić information content (AvgIpc) is 2.57. The first-order valence-corrected chi connectivity index (χ1v) is 6.04. The molecule has 0 atom stereocenters. The van der Waals surface area contributed by atoms with Crippen LogP contribution in [0.3, 0.4) is 0 Å². The van der Waals surface area contributed by atoms with Crippen LogP contribution in [0.5, 0.6) is 0 Å². The summed E-state index contributed by atoms with van der Waals surface area (Å²) in [5.74, 6) is -3.17. The number of amides is 1. The largest absolute Gasteiger partial charge is 0.332 e. The van der Waals surface area contributed by atoms with Crippen LogP contribution in [0.4, 0.5) is 8.78 Å². The molecule has 0 N–H and O–H groups in total. The summed E-state index contributed by atoms with van der Waals surface area (Å²) in [7, 11) is 1.67. The van der Waals surface area contributed by atoms with E-state index in [4.69, 9.17) is 0 Å². The van der Waals surface area contributed by atoms with Gasteiger partial charge in [-0.05, 0) is 22.4 Å². The van der Waals surface area contributed by atoms with Gasteiger partial charge in [0.2, 0.25) is 0 Å². The molecule has 1 amide bonds. The molecular formula is C10H12BrF2N3O. The molecular weight excluding hydrogens is 296 g/mol. The molecule has 17 heavy (non-hydrogen) atoms. The third kappa shape index (κ3) is 2.48. The van der Waals surface area contributed by atoms with Crippen molar-refractivity contribution in [3.05, 3.63) is 16.4 Å². The van der Waals surface area contributed by atoms with E-state index in [2.05, 4.69) is 21.0 Å². The van der Waals surface area contributed by atoms with Crippen LogP contribution >= 0.6 is 15.9 Å². The number of nitrogens with zero attached hydrogens (tertiary/aromatic N) is 3. The van der Waals surface area contributed by atoms with Crippen molar-refractivity contribution >= 4 is 21.8 Å². The Morgan fingerprint density at radius 1 is 1.59 bits per heavy atom. The van der Waals surface area contributed by atoms with Gasteiger partial charge in [-0.3, -0.25) is 9.48 Å². The van der Waals surface area contributed by atoms with E-state index in [1.165, 1.54) is 15.8 Å². The van der Waals surface area contributed by atoms with Crippen LogP contribution in [0.1, 0.15) is 23.2 Å². The van der Waals surface area contributed by atoms with Crippen LogP contribution in [-0.2, 0) is 7.05 Å². The number of rotatable bonds is 1. The first kappa shape index (κ1) is 12.5. The number of carbonyl (C=O) groups excluding carboxylic acids is 1. The van der Waals surface area contributed by atoms with Gasteiger partial charge in [-0.15, -0.1) is 0 Å². The van der Waals surface area contributed by atoms with Gasteiger partial charge >= 0.3 is 0 Å². The maximum Gasteiger partial charge on any atom is 0.265 e. The molecule has 1 aliphatic heterocycles. The number of carbonyl (C=O) groups is 1. The van der Waals surface area contributed by atoms with E-state index in [0.29, 0.717) is 23.1 Å². The number of likely N-dealkylation sites (tertiary alicyclic amines) is 1. The Hall–Kier alpha value is -0.980. The van der Waals surface area contributed by atoms with Crippen molar-refractivity contribution in [1.82, 2.24) is 14.7 Å². The summed E-state index contributed by atoms with van der Waals surface area (Å²) >= 11 is 3.21. The molecule has 0 bridgehead atoms. The van der Waals surface area contributed by atoms with E-state index in [9.17, 15) is 13.6 Å². The van der Waals surface area contributed by atoms with Crippen LogP contribution < -0.4 is 0 Å². The van der Waals surface area contributed by atoms with E-state index >= 15 is 0 Å². The lowest BCUT2D eigenvalue weighted by atomic mass is 10.1. The molecule has 1 fully saturated rings. The standard InChI is InChI=1S/C10H12BrF2N3O/c1-15-8(11)7(5-14-15)9(17)16-4-2-3-10(12,13)6-16/h5H,2-4,6H2,1H3. The van der Waals surface area contributed by atoms with Gasteiger partial charge in [0.05, 0.1) is 18.3 Å². The minimum atomic E-state index is -2.78. The number of alkyl halides is 2. The zero-order valence-corrected chi connectivity index (χ0v) is 10.9. The van der Waals surface area contributed by atoms with Crippen molar-refractivity contribution in [2.24, 2.45) is 7.05 Å². The summed E-state index contributed by atoms with van der Waals surface area (Å²) in [4.78, 5) is 13.2. The van der Waals surface area contributed by atoms with Crippen molar-refractivity contribution in [2.45, 2.75) is 18.8 Å². The molecule has 7 heteroatoms. The lowest BCUT2D eigenvalue weighted by Crippen LogP contribution is -2.45. The van der Waals surface area contributed by atoms with Gasteiger partial charge in [0.25, 0.3) is 11.8 Å². The number of hydrogen-bond donors (Lipinski definition) is 0. The first-order chi connectivity index (χ1) is 7.91. The third-order valence-corrected chi connectivity index (χ3v) is 3.72. The van der Waals surface area contributed by atoms with Gasteiger partial charge in [-0.25, -0.2) is 8.78 Å². The van der Waals surface area contributed by atoms with Gasteiger partial charge in [-0.2, -0.15) is 5.10 Å². The van der Waals surface area contributed by atoms with E-state index in [1.807, 2.05) is 0 Å². The Balaban J connectivity index is 2.18. The van der Waals surface area contributed by atoms with Crippen molar-refractivity contribution in [1.29, 1.82) is 0 Å². The van der Waals surface area contributed by atoms with Gasteiger partial charge in [0.1, 0.15) is 4.60 Å². The highest BCUT2D eigenvalue weighted by Gasteiger charge is 2.37. The van der Waals surface area contributed by atoms with E-state index in [-0.39, 0.29) is 6.42 Å². The van der Waals surface area contributed by atoms with Crippen molar-refractivity contribution in [3.8, 4) is 0 Å². The van der Waals surface area contributed by atoms with Gasteiger partial charge < -0.3 is 4.90 Å². The van der Waals surface area contributed by atoms with Crippen LogP contribution in [0, 0.1) is 0 Å². The van der Waals surface area contributed by atoms with Crippen LogP contribution in [0.25, 0.3) is 0 Å². The zero-order chi connectivity index (χ0) is 12.6. The maximum absolute atomic E-state index is 13.2. The number of aromatic nitrogens is 2. The summed E-state index contributed by atoms with van der Waals surface area (Å²) in [6.45, 7) is -0.136. The smallest absolute Gasteiger partial charge is 0.265 e. The second-order valence-corrected chi connectivity index (χ2v) is 4.91. The minimum absolute atomic E-state index is 0.148. The molecule has 1 aromatic rings. The van der Waals surface area contributed by atoms with Crippen molar-refractivity contribution in [2.75, 3.05) is 13.1 Å². The topological polar surface area (TPSA) is 38.1 Å². The predicted octanol–water partition coefficient (Wildman–Crippen LogP) is 2.05. The quantitative estimate of drug-likeness (QED) is 0.796. The Morgan fingerprint density at radius 2 is 2.29 bits per heavy atom. The van der Waals surface area contributed by atoms with Gasteiger partial charge in [-0.1, -0.05) is 0 Å². The predicted molar refractivity (Wildman–Crippen MR) is 61.0 cm³/mol. The summed E-state index contributed by atoms with van der Waals surface area (Å²) in [6, 6.07) is 0. The van der Waals surface area contributed by atoms with Crippen LogP contribution in [0.15, 0.2) is 10.8 Å². The summed E-state index contributed by atoms with van der Waals surface area (Å²) in [5, 5.41) is 3.90. The molecule has 94 valence electrons. The molecule has 0 saturated carbocycles. The number of halogens is 3.